The molecule has 6 heteroatoms. The first-order valence-electron chi connectivity index (χ1n) is 7.30. The summed E-state index contributed by atoms with van der Waals surface area (Å²) in [5.41, 5.74) is 2.24. The molecule has 5 nitrogen and oxygen atoms in total. The average Bonchev–Trinajstić information content (AvgIpc) is 3.13. The lowest BCUT2D eigenvalue weighted by Crippen LogP contribution is -2.36. The fraction of sp³-hybridized carbons (Fsp3) is 0.467. The first kappa shape index (κ1) is 14.5. The highest BCUT2D eigenvalue weighted by molar-refractivity contribution is 6.30. The van der Waals surface area contributed by atoms with Gasteiger partial charge in [-0.1, -0.05) is 17.7 Å². The Labute approximate surface area is 129 Å². The molecule has 1 saturated heterocycles. The van der Waals surface area contributed by atoms with Crippen LogP contribution in [0.5, 0.6) is 0 Å². The maximum absolute atomic E-state index is 6.14. The summed E-state index contributed by atoms with van der Waals surface area (Å²) < 4.78 is 1.78. The van der Waals surface area contributed by atoms with Crippen molar-refractivity contribution in [2.45, 2.75) is 25.4 Å². The zero-order valence-electron chi connectivity index (χ0n) is 12.2. The second-order valence-electron chi connectivity index (χ2n) is 5.44. The van der Waals surface area contributed by atoms with E-state index in [1.54, 1.807) is 17.3 Å². The Kier molecular flexibility index (Phi) is 4.53. The molecule has 0 saturated carbocycles. The van der Waals surface area contributed by atoms with Crippen LogP contribution < -0.4 is 5.32 Å². The zero-order valence-corrected chi connectivity index (χ0v) is 12.9. The molecule has 1 atom stereocenters. The zero-order chi connectivity index (χ0) is 14.7. The number of nitrogens with one attached hydrogen (secondary N) is 1. The Balaban J connectivity index is 1.85. The molecule has 2 heterocycles. The van der Waals surface area contributed by atoms with Crippen LogP contribution in [-0.4, -0.2) is 45.8 Å². The van der Waals surface area contributed by atoms with Gasteiger partial charge in [-0.25, -0.2) is 9.67 Å². The lowest BCUT2D eigenvalue weighted by atomic mass is 10.1. The number of likely N-dealkylation sites (N-methyl/N-ethyl adjacent to an activating group) is 1. The van der Waals surface area contributed by atoms with E-state index < -0.39 is 0 Å². The number of likely N-dealkylation sites (tertiary alicyclic amines) is 1. The molecule has 21 heavy (non-hydrogen) atoms. The number of benzene rings is 1. The van der Waals surface area contributed by atoms with Crippen LogP contribution in [0.4, 0.5) is 0 Å². The molecule has 1 aliphatic rings. The number of aromatic nitrogens is 3. The van der Waals surface area contributed by atoms with E-state index in [-0.39, 0.29) is 0 Å². The van der Waals surface area contributed by atoms with Crippen molar-refractivity contribution in [3.63, 3.8) is 0 Å². The maximum atomic E-state index is 6.14. The molecule has 1 aromatic heterocycles. The molecule has 112 valence electrons. The predicted molar refractivity (Wildman–Crippen MR) is 83.7 cm³/mol. The van der Waals surface area contributed by atoms with Gasteiger partial charge in [0.05, 0.1) is 5.69 Å². The van der Waals surface area contributed by atoms with Crippen LogP contribution in [0.3, 0.4) is 0 Å². The molecule has 3 rings (SSSR count). The Morgan fingerprint density at radius 3 is 3.10 bits per heavy atom. The van der Waals surface area contributed by atoms with Crippen molar-refractivity contribution >= 4 is 11.6 Å². The van der Waals surface area contributed by atoms with E-state index in [9.17, 15) is 0 Å². The van der Waals surface area contributed by atoms with E-state index in [0.29, 0.717) is 6.04 Å². The Morgan fingerprint density at radius 1 is 1.43 bits per heavy atom. The third kappa shape index (κ3) is 3.26. The van der Waals surface area contributed by atoms with Crippen LogP contribution in [0.1, 0.15) is 18.4 Å². The molecule has 1 N–H and O–H groups in total. The normalized spacial score (nSPS) is 19.2. The van der Waals surface area contributed by atoms with E-state index in [1.165, 1.54) is 18.4 Å². The van der Waals surface area contributed by atoms with Crippen LogP contribution in [0.25, 0.3) is 5.69 Å². The van der Waals surface area contributed by atoms with Gasteiger partial charge in [0, 0.05) is 24.2 Å². The highest BCUT2D eigenvalue weighted by Gasteiger charge is 2.24. The van der Waals surface area contributed by atoms with E-state index in [1.807, 2.05) is 19.2 Å². The number of hydrogen-bond acceptors (Lipinski definition) is 4. The highest BCUT2D eigenvalue weighted by atomic mass is 35.5. The predicted octanol–water partition coefficient (Wildman–Crippen LogP) is 2.10. The number of halogens is 1. The molecular formula is C15H20ClN5. The smallest absolute Gasteiger partial charge is 0.138 e. The minimum atomic E-state index is 0.606. The minimum Gasteiger partial charge on any atom is -0.318 e. The number of nitrogens with zero attached hydrogens (tertiary/aromatic N) is 4. The van der Waals surface area contributed by atoms with E-state index >= 15 is 0 Å². The van der Waals surface area contributed by atoms with E-state index in [0.717, 1.165) is 30.3 Å². The van der Waals surface area contributed by atoms with Gasteiger partial charge in [-0.3, -0.25) is 4.90 Å². The van der Waals surface area contributed by atoms with Crippen molar-refractivity contribution in [2.75, 3.05) is 20.1 Å². The second-order valence-corrected chi connectivity index (χ2v) is 5.87. The van der Waals surface area contributed by atoms with Gasteiger partial charge in [-0.05, 0) is 44.1 Å². The Bertz CT molecular complexity index is 584. The van der Waals surface area contributed by atoms with Crippen molar-refractivity contribution in [2.24, 2.45) is 0 Å². The number of rotatable bonds is 5. The SMILES string of the molecule is CNCC1CCCN1Cc1ccc(Cl)cc1-n1cncn1. The molecule has 0 radical (unpaired) electrons. The average molecular weight is 306 g/mol. The van der Waals surface area contributed by atoms with Gasteiger partial charge in [0.15, 0.2) is 0 Å². The van der Waals surface area contributed by atoms with E-state index in [4.69, 9.17) is 11.6 Å². The highest BCUT2D eigenvalue weighted by Crippen LogP contribution is 2.24. The molecule has 2 aromatic rings. The third-order valence-corrected chi connectivity index (χ3v) is 4.26. The first-order valence-corrected chi connectivity index (χ1v) is 7.68. The van der Waals surface area contributed by atoms with Crippen LogP contribution in [0, 0.1) is 0 Å². The van der Waals surface area contributed by atoms with Crippen LogP contribution in [0.15, 0.2) is 30.9 Å². The quantitative estimate of drug-likeness (QED) is 0.919. The summed E-state index contributed by atoms with van der Waals surface area (Å²) in [6.07, 6.45) is 5.78. The Morgan fingerprint density at radius 2 is 2.33 bits per heavy atom. The fourth-order valence-corrected chi connectivity index (χ4v) is 3.17. The summed E-state index contributed by atoms with van der Waals surface area (Å²) in [6, 6.07) is 6.60. The van der Waals surface area contributed by atoms with Gasteiger partial charge in [-0.15, -0.1) is 0 Å². The largest absolute Gasteiger partial charge is 0.318 e. The van der Waals surface area contributed by atoms with Crippen molar-refractivity contribution in [1.29, 1.82) is 0 Å². The van der Waals surface area contributed by atoms with Crippen molar-refractivity contribution in [3.05, 3.63) is 41.4 Å². The summed E-state index contributed by atoms with van der Waals surface area (Å²) in [5.74, 6) is 0. The molecular weight excluding hydrogens is 286 g/mol. The number of hydrogen-bond donors (Lipinski definition) is 1. The minimum absolute atomic E-state index is 0.606. The molecule has 0 bridgehead atoms. The first-order chi connectivity index (χ1) is 10.3. The van der Waals surface area contributed by atoms with Gasteiger partial charge >= 0.3 is 0 Å². The van der Waals surface area contributed by atoms with Gasteiger partial charge in [0.2, 0.25) is 0 Å². The molecule has 1 unspecified atom stereocenters. The second kappa shape index (κ2) is 6.56. The Hall–Kier alpha value is -1.43. The van der Waals surface area contributed by atoms with Gasteiger partial charge in [-0.2, -0.15) is 5.10 Å². The van der Waals surface area contributed by atoms with Crippen LogP contribution in [-0.2, 0) is 6.54 Å². The standard InChI is InChI=1S/C15H20ClN5/c1-17-8-14-3-2-6-20(14)9-12-4-5-13(16)7-15(12)21-11-18-10-19-21/h4-5,7,10-11,14,17H,2-3,6,8-9H2,1H3. The van der Waals surface area contributed by atoms with Crippen LogP contribution in [0.2, 0.25) is 5.02 Å². The maximum Gasteiger partial charge on any atom is 0.138 e. The summed E-state index contributed by atoms with van der Waals surface area (Å²) in [5, 5.41) is 8.24. The molecule has 0 spiro atoms. The molecule has 1 aromatic carbocycles. The molecule has 0 aliphatic carbocycles. The lowest BCUT2D eigenvalue weighted by Gasteiger charge is -2.25. The molecule has 1 fully saturated rings. The summed E-state index contributed by atoms with van der Waals surface area (Å²) in [7, 11) is 2.01. The van der Waals surface area contributed by atoms with Crippen molar-refractivity contribution < 1.29 is 0 Å². The van der Waals surface area contributed by atoms with Gasteiger partial charge in [0.1, 0.15) is 12.7 Å². The summed E-state index contributed by atoms with van der Waals surface area (Å²) >= 11 is 6.14. The third-order valence-electron chi connectivity index (χ3n) is 4.03. The van der Waals surface area contributed by atoms with Crippen molar-refractivity contribution in [3.8, 4) is 5.69 Å². The summed E-state index contributed by atoms with van der Waals surface area (Å²) in [4.78, 5) is 6.56. The molecule has 0 amide bonds. The monoisotopic (exact) mass is 305 g/mol. The van der Waals surface area contributed by atoms with E-state index in [2.05, 4.69) is 26.4 Å². The summed E-state index contributed by atoms with van der Waals surface area (Å²) in [6.45, 7) is 3.09. The topological polar surface area (TPSA) is 46.0 Å². The van der Waals surface area contributed by atoms with Crippen LogP contribution >= 0.6 is 11.6 Å². The van der Waals surface area contributed by atoms with Crippen molar-refractivity contribution in [1.82, 2.24) is 25.0 Å². The van der Waals surface area contributed by atoms with Gasteiger partial charge < -0.3 is 5.32 Å². The lowest BCUT2D eigenvalue weighted by molar-refractivity contribution is 0.242. The molecule has 1 aliphatic heterocycles. The fourth-order valence-electron chi connectivity index (χ4n) is 3.01. The van der Waals surface area contributed by atoms with Gasteiger partial charge in [0.25, 0.3) is 0 Å².